The van der Waals surface area contributed by atoms with E-state index in [2.05, 4.69) is 88.1 Å². The van der Waals surface area contributed by atoms with Gasteiger partial charge in [0.1, 0.15) is 0 Å². The van der Waals surface area contributed by atoms with Gasteiger partial charge in [-0.25, -0.2) is 0 Å². The van der Waals surface area contributed by atoms with E-state index in [1.165, 1.54) is 37.2 Å². The predicted octanol–water partition coefficient (Wildman–Crippen LogP) is 7.54. The fraction of sp³-hybridized carbons (Fsp3) is 0.240. The van der Waals surface area contributed by atoms with E-state index in [-0.39, 0.29) is 5.41 Å². The molecule has 0 unspecified atom stereocenters. The molecule has 27 heavy (non-hydrogen) atoms. The molecule has 2 heteroatoms. The number of pyridine rings is 1. The summed E-state index contributed by atoms with van der Waals surface area (Å²) in [4.78, 5) is 6.01. The Kier molecular flexibility index (Phi) is 4.39. The molecule has 1 nitrogen and oxygen atoms in total. The average Bonchev–Trinajstić information content (AvgIpc) is 3.03. The summed E-state index contributed by atoms with van der Waals surface area (Å²) >= 11 is 1.86. The molecule has 0 aliphatic carbocycles. The number of rotatable bonds is 2. The summed E-state index contributed by atoms with van der Waals surface area (Å²) in [5, 5.41) is 1.22. The van der Waals surface area contributed by atoms with Crippen molar-refractivity contribution in [2.75, 3.05) is 0 Å². The van der Waals surface area contributed by atoms with Crippen LogP contribution in [0.15, 0.2) is 60.8 Å². The maximum atomic E-state index is 4.68. The van der Waals surface area contributed by atoms with Crippen molar-refractivity contribution in [1.29, 1.82) is 0 Å². The Balaban J connectivity index is 1.81. The summed E-state index contributed by atoms with van der Waals surface area (Å²) < 4.78 is 1.29. The van der Waals surface area contributed by atoms with Crippen LogP contribution in [0.1, 0.15) is 37.5 Å². The number of aryl methyl sites for hydroxylation is 2. The lowest BCUT2D eigenvalue weighted by atomic mass is 9.83. The van der Waals surface area contributed by atoms with Gasteiger partial charge in [-0.2, -0.15) is 0 Å². The number of hydrogen-bond donors (Lipinski definition) is 0. The molecule has 0 atom stereocenters. The van der Waals surface area contributed by atoms with Crippen LogP contribution in [0.3, 0.4) is 0 Å². The maximum absolute atomic E-state index is 4.68. The zero-order chi connectivity index (χ0) is 19.2. The Morgan fingerprint density at radius 3 is 2.15 bits per heavy atom. The van der Waals surface area contributed by atoms with Crippen molar-refractivity contribution in [3.05, 3.63) is 77.5 Å². The van der Waals surface area contributed by atoms with Gasteiger partial charge in [-0.1, -0.05) is 63.2 Å². The third-order valence-electron chi connectivity index (χ3n) is 5.12. The zero-order valence-corrected chi connectivity index (χ0v) is 17.4. The molecule has 0 radical (unpaired) electrons. The van der Waals surface area contributed by atoms with Gasteiger partial charge in [0.2, 0.25) is 0 Å². The molecule has 2 aromatic heterocycles. The van der Waals surface area contributed by atoms with Gasteiger partial charge in [0, 0.05) is 26.7 Å². The lowest BCUT2D eigenvalue weighted by Crippen LogP contribution is -2.11. The van der Waals surface area contributed by atoms with Crippen LogP contribution in [0.5, 0.6) is 0 Å². The van der Waals surface area contributed by atoms with Crippen LogP contribution < -0.4 is 0 Å². The summed E-state index contributed by atoms with van der Waals surface area (Å²) in [5.41, 5.74) is 7.83. The average molecular weight is 372 g/mol. The first-order chi connectivity index (χ1) is 12.8. The number of hydrogen-bond acceptors (Lipinski definition) is 2. The molecule has 0 bridgehead atoms. The van der Waals surface area contributed by atoms with E-state index >= 15 is 0 Å². The second-order valence-corrected chi connectivity index (χ2v) is 9.40. The molecule has 0 N–H and O–H groups in total. The Hall–Kier alpha value is -2.45. The predicted molar refractivity (Wildman–Crippen MR) is 119 cm³/mol. The van der Waals surface area contributed by atoms with E-state index < -0.39 is 0 Å². The second-order valence-electron chi connectivity index (χ2n) is 8.32. The quantitative estimate of drug-likeness (QED) is 0.354. The molecule has 0 amide bonds. The number of nitrogens with zero attached hydrogens (tertiary/aromatic N) is 1. The number of benzene rings is 2. The van der Waals surface area contributed by atoms with Crippen LogP contribution in [-0.4, -0.2) is 4.98 Å². The molecule has 4 rings (SSSR count). The minimum absolute atomic E-state index is 0.169. The van der Waals surface area contributed by atoms with Crippen LogP contribution in [0, 0.1) is 13.8 Å². The van der Waals surface area contributed by atoms with Crippen molar-refractivity contribution < 1.29 is 0 Å². The Labute approximate surface area is 165 Å². The molecular formula is C25H25NS. The molecule has 136 valence electrons. The molecule has 0 fully saturated rings. The van der Waals surface area contributed by atoms with E-state index in [1.54, 1.807) is 0 Å². The summed E-state index contributed by atoms with van der Waals surface area (Å²) in [5.74, 6) is 0. The van der Waals surface area contributed by atoms with Crippen LogP contribution in [0.2, 0.25) is 0 Å². The van der Waals surface area contributed by atoms with Crippen molar-refractivity contribution in [3.8, 4) is 21.7 Å². The first-order valence-electron chi connectivity index (χ1n) is 9.40. The van der Waals surface area contributed by atoms with Crippen LogP contribution in [-0.2, 0) is 5.41 Å². The first-order valence-corrected chi connectivity index (χ1v) is 10.2. The third-order valence-corrected chi connectivity index (χ3v) is 6.23. The SMILES string of the molecule is Cc1cc(C(C)(C)C)cc(C)c1-c1cc2cnc(-c3ccccc3)cc2s1. The van der Waals surface area contributed by atoms with Gasteiger partial charge in [-0.15, -0.1) is 11.3 Å². The third kappa shape index (κ3) is 3.42. The fourth-order valence-corrected chi connectivity index (χ4v) is 4.86. The standard InChI is InChI=1S/C25H25NS/c1-16-11-20(25(3,4)5)12-17(2)24(16)23-13-19-15-26-21(14-22(19)27-23)18-9-7-6-8-10-18/h6-15H,1-5H3. The molecule has 2 aromatic carbocycles. The number of fused-ring (bicyclic) bond motifs is 1. The van der Waals surface area contributed by atoms with Crippen LogP contribution in [0.25, 0.3) is 31.8 Å². The van der Waals surface area contributed by atoms with E-state index in [0.717, 1.165) is 11.3 Å². The van der Waals surface area contributed by atoms with Crippen molar-refractivity contribution in [1.82, 2.24) is 4.98 Å². The first kappa shape index (κ1) is 17.9. The summed E-state index contributed by atoms with van der Waals surface area (Å²) in [6.45, 7) is 11.3. The van der Waals surface area contributed by atoms with Gasteiger partial charge in [-0.3, -0.25) is 4.98 Å². The van der Waals surface area contributed by atoms with Gasteiger partial charge in [-0.05, 0) is 53.6 Å². The molecule has 2 heterocycles. The Morgan fingerprint density at radius 1 is 0.852 bits per heavy atom. The largest absolute Gasteiger partial charge is 0.256 e. The molecule has 4 aromatic rings. The summed E-state index contributed by atoms with van der Waals surface area (Å²) in [7, 11) is 0. The minimum atomic E-state index is 0.169. The molecule has 0 aliphatic rings. The highest BCUT2D eigenvalue weighted by molar-refractivity contribution is 7.22. The van der Waals surface area contributed by atoms with Crippen LogP contribution in [0.4, 0.5) is 0 Å². The lowest BCUT2D eigenvalue weighted by Gasteiger charge is -2.22. The van der Waals surface area contributed by atoms with E-state index in [1.807, 2.05) is 23.6 Å². The second kappa shape index (κ2) is 6.61. The summed E-state index contributed by atoms with van der Waals surface area (Å²) in [6.07, 6.45) is 2.01. The van der Waals surface area contributed by atoms with E-state index in [0.29, 0.717) is 0 Å². The minimum Gasteiger partial charge on any atom is -0.256 e. The molecule has 0 spiro atoms. The van der Waals surface area contributed by atoms with Crippen molar-refractivity contribution in [2.24, 2.45) is 0 Å². The highest BCUT2D eigenvalue weighted by atomic mass is 32.1. The van der Waals surface area contributed by atoms with Gasteiger partial charge >= 0.3 is 0 Å². The molecule has 0 aliphatic heterocycles. The van der Waals surface area contributed by atoms with Gasteiger partial charge in [0.25, 0.3) is 0 Å². The smallest absolute Gasteiger partial charge is 0.0716 e. The van der Waals surface area contributed by atoms with Crippen molar-refractivity contribution >= 4 is 21.4 Å². The normalized spacial score (nSPS) is 11.9. The fourth-order valence-electron chi connectivity index (χ4n) is 3.61. The highest BCUT2D eigenvalue weighted by Crippen LogP contribution is 2.39. The van der Waals surface area contributed by atoms with Gasteiger partial charge in [0.15, 0.2) is 0 Å². The van der Waals surface area contributed by atoms with E-state index in [4.69, 9.17) is 0 Å². The van der Waals surface area contributed by atoms with Crippen LogP contribution >= 0.6 is 11.3 Å². The van der Waals surface area contributed by atoms with Gasteiger partial charge in [0.05, 0.1) is 5.69 Å². The van der Waals surface area contributed by atoms with E-state index in [9.17, 15) is 0 Å². The molecule has 0 saturated heterocycles. The molecule has 0 saturated carbocycles. The maximum Gasteiger partial charge on any atom is 0.0716 e. The Bertz CT molecular complexity index is 1090. The lowest BCUT2D eigenvalue weighted by molar-refractivity contribution is 0.589. The number of aromatic nitrogens is 1. The summed E-state index contributed by atoms with van der Waals surface area (Å²) in [6, 6.07) is 19.6. The highest BCUT2D eigenvalue weighted by Gasteiger charge is 2.18. The van der Waals surface area contributed by atoms with Gasteiger partial charge < -0.3 is 0 Å². The monoisotopic (exact) mass is 371 g/mol. The van der Waals surface area contributed by atoms with Crippen molar-refractivity contribution in [3.63, 3.8) is 0 Å². The Morgan fingerprint density at radius 2 is 1.52 bits per heavy atom. The topological polar surface area (TPSA) is 12.9 Å². The number of thiophene rings is 1. The molecular weight excluding hydrogens is 346 g/mol. The van der Waals surface area contributed by atoms with Crippen molar-refractivity contribution in [2.45, 2.75) is 40.0 Å². The zero-order valence-electron chi connectivity index (χ0n) is 16.6.